The highest BCUT2D eigenvalue weighted by Gasteiger charge is 2.23. The SMILES string of the molecule is CCOC(=O)Oc1ccc(C(=O)NCC2CCN(C(=O)COc3cccc(C)c3C)CC2)cc1. The lowest BCUT2D eigenvalue weighted by Crippen LogP contribution is -2.43. The van der Waals surface area contributed by atoms with Crippen molar-refractivity contribution in [2.45, 2.75) is 33.6 Å². The first-order valence-electron chi connectivity index (χ1n) is 11.6. The van der Waals surface area contributed by atoms with Crippen LogP contribution in [0.3, 0.4) is 0 Å². The van der Waals surface area contributed by atoms with Crippen LogP contribution in [0.1, 0.15) is 41.3 Å². The number of aryl methyl sites for hydroxylation is 1. The lowest BCUT2D eigenvalue weighted by molar-refractivity contribution is -0.134. The lowest BCUT2D eigenvalue weighted by atomic mass is 9.96. The second-order valence-electron chi connectivity index (χ2n) is 8.33. The molecule has 0 radical (unpaired) electrons. The highest BCUT2D eigenvalue weighted by molar-refractivity contribution is 5.94. The van der Waals surface area contributed by atoms with E-state index in [0.29, 0.717) is 36.9 Å². The number of hydrogen-bond donors (Lipinski definition) is 1. The molecule has 1 fully saturated rings. The highest BCUT2D eigenvalue weighted by Crippen LogP contribution is 2.21. The molecule has 2 aromatic carbocycles. The van der Waals surface area contributed by atoms with Crippen LogP contribution >= 0.6 is 0 Å². The summed E-state index contributed by atoms with van der Waals surface area (Å²) in [5.74, 6) is 1.15. The first kappa shape index (κ1) is 25.1. The fraction of sp³-hybridized carbons (Fsp3) is 0.423. The van der Waals surface area contributed by atoms with Crippen molar-refractivity contribution in [3.63, 3.8) is 0 Å². The zero-order chi connectivity index (χ0) is 24.5. The third-order valence-corrected chi connectivity index (χ3v) is 6.00. The molecule has 0 atom stereocenters. The van der Waals surface area contributed by atoms with Gasteiger partial charge in [0, 0.05) is 25.2 Å². The van der Waals surface area contributed by atoms with Crippen LogP contribution in [0, 0.1) is 19.8 Å². The van der Waals surface area contributed by atoms with Crippen LogP contribution in [0.5, 0.6) is 11.5 Å². The van der Waals surface area contributed by atoms with Crippen LogP contribution < -0.4 is 14.8 Å². The zero-order valence-corrected chi connectivity index (χ0v) is 20.0. The number of carbonyl (C=O) groups is 3. The van der Waals surface area contributed by atoms with Gasteiger partial charge in [-0.1, -0.05) is 12.1 Å². The van der Waals surface area contributed by atoms with E-state index in [9.17, 15) is 14.4 Å². The van der Waals surface area contributed by atoms with Crippen LogP contribution in [0.2, 0.25) is 0 Å². The van der Waals surface area contributed by atoms with E-state index < -0.39 is 6.16 Å². The van der Waals surface area contributed by atoms with Crippen molar-refractivity contribution in [1.29, 1.82) is 0 Å². The van der Waals surface area contributed by atoms with Gasteiger partial charge in [0.2, 0.25) is 0 Å². The van der Waals surface area contributed by atoms with Gasteiger partial charge < -0.3 is 24.4 Å². The van der Waals surface area contributed by atoms with Gasteiger partial charge in [-0.3, -0.25) is 9.59 Å². The summed E-state index contributed by atoms with van der Waals surface area (Å²) >= 11 is 0. The summed E-state index contributed by atoms with van der Waals surface area (Å²) < 4.78 is 15.5. The Bertz CT molecular complexity index is 997. The molecule has 0 bridgehead atoms. The molecule has 0 spiro atoms. The molecular formula is C26H32N2O6. The molecule has 2 amide bonds. The number of hydrogen-bond acceptors (Lipinski definition) is 6. The molecule has 0 saturated carbocycles. The summed E-state index contributed by atoms with van der Waals surface area (Å²) in [7, 11) is 0. The summed E-state index contributed by atoms with van der Waals surface area (Å²) in [6, 6.07) is 12.1. The van der Waals surface area contributed by atoms with Gasteiger partial charge in [-0.15, -0.1) is 0 Å². The molecule has 8 heteroatoms. The molecule has 1 heterocycles. The molecule has 3 rings (SSSR count). The van der Waals surface area contributed by atoms with Crippen molar-refractivity contribution in [1.82, 2.24) is 10.2 Å². The number of likely N-dealkylation sites (tertiary alicyclic amines) is 1. The summed E-state index contributed by atoms with van der Waals surface area (Å²) in [5, 5.41) is 2.95. The maximum atomic E-state index is 12.5. The third-order valence-electron chi connectivity index (χ3n) is 6.00. The molecule has 34 heavy (non-hydrogen) atoms. The van der Waals surface area contributed by atoms with E-state index in [-0.39, 0.29) is 25.0 Å². The number of amides is 2. The van der Waals surface area contributed by atoms with Gasteiger partial charge in [0.15, 0.2) is 6.61 Å². The molecule has 1 saturated heterocycles. The molecule has 2 aromatic rings. The van der Waals surface area contributed by atoms with Gasteiger partial charge in [-0.2, -0.15) is 0 Å². The molecule has 182 valence electrons. The van der Waals surface area contributed by atoms with Crippen LogP contribution in [-0.4, -0.2) is 55.7 Å². The normalized spacial score (nSPS) is 13.8. The van der Waals surface area contributed by atoms with E-state index in [0.717, 1.165) is 29.7 Å². The van der Waals surface area contributed by atoms with E-state index >= 15 is 0 Å². The molecule has 1 aliphatic rings. The first-order chi connectivity index (χ1) is 16.4. The van der Waals surface area contributed by atoms with Gasteiger partial charge in [-0.05, 0) is 81.0 Å². The quantitative estimate of drug-likeness (QED) is 0.467. The molecule has 8 nitrogen and oxygen atoms in total. The average molecular weight is 469 g/mol. The monoisotopic (exact) mass is 468 g/mol. The number of nitrogens with zero attached hydrogens (tertiary/aromatic N) is 1. The van der Waals surface area contributed by atoms with Gasteiger partial charge >= 0.3 is 6.16 Å². The molecule has 0 unspecified atom stereocenters. The van der Waals surface area contributed by atoms with Crippen molar-refractivity contribution in [3.05, 3.63) is 59.2 Å². The summed E-state index contributed by atoms with van der Waals surface area (Å²) in [4.78, 5) is 38.2. The second-order valence-corrected chi connectivity index (χ2v) is 8.33. The molecule has 0 aromatic heterocycles. The Labute approximate surface area is 200 Å². The molecule has 0 aliphatic carbocycles. The minimum absolute atomic E-state index is 0.0199. The number of nitrogens with one attached hydrogen (secondary N) is 1. The predicted molar refractivity (Wildman–Crippen MR) is 127 cm³/mol. The van der Waals surface area contributed by atoms with Crippen molar-refractivity contribution in [2.24, 2.45) is 5.92 Å². The van der Waals surface area contributed by atoms with Crippen molar-refractivity contribution >= 4 is 18.0 Å². The Kier molecular flexibility index (Phi) is 8.90. The smallest absolute Gasteiger partial charge is 0.483 e. The van der Waals surface area contributed by atoms with Crippen LogP contribution in [0.15, 0.2) is 42.5 Å². The number of carbonyl (C=O) groups excluding carboxylic acids is 3. The van der Waals surface area contributed by atoms with Gasteiger partial charge in [0.05, 0.1) is 6.61 Å². The van der Waals surface area contributed by atoms with Gasteiger partial charge in [0.25, 0.3) is 11.8 Å². The fourth-order valence-electron chi connectivity index (χ4n) is 3.75. The zero-order valence-electron chi connectivity index (χ0n) is 20.0. The Morgan fingerprint density at radius 1 is 1.03 bits per heavy atom. The number of rotatable bonds is 8. The maximum absolute atomic E-state index is 12.5. The number of ether oxygens (including phenoxy) is 3. The van der Waals surface area contributed by atoms with Crippen LogP contribution in [-0.2, 0) is 9.53 Å². The minimum Gasteiger partial charge on any atom is -0.483 e. The predicted octanol–water partition coefficient (Wildman–Crippen LogP) is 3.89. The van der Waals surface area contributed by atoms with E-state index in [1.165, 1.54) is 0 Å². The van der Waals surface area contributed by atoms with E-state index in [4.69, 9.17) is 14.2 Å². The fourth-order valence-corrected chi connectivity index (χ4v) is 3.75. The lowest BCUT2D eigenvalue weighted by Gasteiger charge is -2.32. The topological polar surface area (TPSA) is 94.2 Å². The standard InChI is InChI=1S/C26H32N2O6/c1-4-32-26(31)34-22-10-8-21(9-11-22)25(30)27-16-20-12-14-28(15-13-20)24(29)17-33-23-7-5-6-18(2)19(23)3/h5-11,20H,4,12-17H2,1-3H3,(H,27,30). The van der Waals surface area contributed by atoms with E-state index in [2.05, 4.69) is 5.32 Å². The second kappa shape index (κ2) is 12.1. The van der Waals surface area contributed by atoms with Crippen molar-refractivity contribution in [3.8, 4) is 11.5 Å². The highest BCUT2D eigenvalue weighted by atomic mass is 16.7. The van der Waals surface area contributed by atoms with Crippen LogP contribution in [0.25, 0.3) is 0 Å². The Balaban J connectivity index is 1.38. The van der Waals surface area contributed by atoms with Gasteiger partial charge in [0.1, 0.15) is 11.5 Å². The van der Waals surface area contributed by atoms with E-state index in [1.54, 1.807) is 31.2 Å². The Hall–Kier alpha value is -3.55. The van der Waals surface area contributed by atoms with Crippen molar-refractivity contribution in [2.75, 3.05) is 32.8 Å². The number of benzene rings is 2. The molecule has 1 N–H and O–H groups in total. The first-order valence-corrected chi connectivity index (χ1v) is 11.6. The van der Waals surface area contributed by atoms with Crippen molar-refractivity contribution < 1.29 is 28.6 Å². The summed E-state index contributed by atoms with van der Waals surface area (Å²) in [5.41, 5.74) is 2.66. The minimum atomic E-state index is -0.777. The Morgan fingerprint density at radius 3 is 2.41 bits per heavy atom. The van der Waals surface area contributed by atoms with Gasteiger partial charge in [-0.25, -0.2) is 4.79 Å². The average Bonchev–Trinajstić information content (AvgIpc) is 2.84. The van der Waals surface area contributed by atoms with E-state index in [1.807, 2.05) is 36.9 Å². The van der Waals surface area contributed by atoms with Crippen LogP contribution in [0.4, 0.5) is 4.79 Å². The molecular weight excluding hydrogens is 436 g/mol. The largest absolute Gasteiger partial charge is 0.513 e. The summed E-state index contributed by atoms with van der Waals surface area (Å²) in [6.45, 7) is 7.79. The number of piperidine rings is 1. The third kappa shape index (κ3) is 6.97. The summed E-state index contributed by atoms with van der Waals surface area (Å²) in [6.07, 6.45) is 0.866. The maximum Gasteiger partial charge on any atom is 0.513 e. The molecule has 1 aliphatic heterocycles. The Morgan fingerprint density at radius 2 is 1.74 bits per heavy atom.